The summed E-state index contributed by atoms with van der Waals surface area (Å²) < 4.78 is 24.8. The van der Waals surface area contributed by atoms with Gasteiger partial charge in [-0.2, -0.15) is 0 Å². The first-order valence-corrected chi connectivity index (χ1v) is 12.7. The minimum absolute atomic E-state index is 0.0486. The molecule has 4 rings (SSSR count). The second kappa shape index (κ2) is 9.65. The summed E-state index contributed by atoms with van der Waals surface area (Å²) in [4.78, 5) is 16.8. The summed E-state index contributed by atoms with van der Waals surface area (Å²) in [6.45, 7) is 0. The molecule has 0 spiro atoms. The zero-order valence-corrected chi connectivity index (χ0v) is 19.3. The van der Waals surface area contributed by atoms with E-state index in [-0.39, 0.29) is 4.90 Å². The predicted molar refractivity (Wildman–Crippen MR) is 129 cm³/mol. The van der Waals surface area contributed by atoms with Crippen LogP contribution < -0.4 is 5.32 Å². The lowest BCUT2D eigenvalue weighted by Gasteiger charge is -2.05. The largest absolute Gasteiger partial charge is 0.301 e. The Balaban J connectivity index is 1.39. The van der Waals surface area contributed by atoms with Crippen molar-refractivity contribution in [3.8, 4) is 11.3 Å². The van der Waals surface area contributed by atoms with E-state index in [1.165, 1.54) is 46.7 Å². The van der Waals surface area contributed by atoms with Crippen molar-refractivity contribution in [2.75, 3.05) is 11.1 Å². The summed E-state index contributed by atoms with van der Waals surface area (Å²) in [5.41, 5.74) is 4.08. The quantitative estimate of drug-likeness (QED) is 0.379. The van der Waals surface area contributed by atoms with Gasteiger partial charge in [-0.25, -0.2) is 13.4 Å². The van der Waals surface area contributed by atoms with Crippen molar-refractivity contribution in [2.45, 2.75) is 11.3 Å². The van der Waals surface area contributed by atoms with Gasteiger partial charge in [-0.1, -0.05) is 66.2 Å². The highest BCUT2D eigenvalue weighted by Crippen LogP contribution is 2.26. The number of aromatic nitrogens is 1. The van der Waals surface area contributed by atoms with E-state index >= 15 is 0 Å². The summed E-state index contributed by atoms with van der Waals surface area (Å²) in [5.74, 6) is -1.31. The maximum absolute atomic E-state index is 12.4. The molecule has 0 aliphatic heterocycles. The molecule has 0 radical (unpaired) electrons. The Morgan fingerprint density at radius 3 is 2.25 bits per heavy atom. The number of hydrogen-bond donors (Lipinski definition) is 1. The van der Waals surface area contributed by atoms with E-state index in [4.69, 9.17) is 11.6 Å². The first kappa shape index (κ1) is 22.2. The monoisotopic (exact) mass is 482 g/mol. The van der Waals surface area contributed by atoms with Crippen LogP contribution in [0.2, 0.25) is 5.02 Å². The zero-order valence-electron chi connectivity index (χ0n) is 16.9. The second-order valence-corrected chi connectivity index (χ2v) is 10.4. The number of benzene rings is 3. The topological polar surface area (TPSA) is 76.1 Å². The fourth-order valence-corrected chi connectivity index (χ4v) is 5.14. The minimum Gasteiger partial charge on any atom is -0.301 e. The number of amides is 1. The Kier molecular flexibility index (Phi) is 6.69. The van der Waals surface area contributed by atoms with Crippen LogP contribution in [0, 0.1) is 0 Å². The van der Waals surface area contributed by atoms with Gasteiger partial charge >= 0.3 is 0 Å². The third-order valence-electron chi connectivity index (χ3n) is 4.75. The first-order chi connectivity index (χ1) is 15.4. The van der Waals surface area contributed by atoms with Gasteiger partial charge < -0.3 is 5.32 Å². The van der Waals surface area contributed by atoms with Crippen LogP contribution in [0.15, 0.2) is 89.1 Å². The van der Waals surface area contributed by atoms with Gasteiger partial charge in [0.15, 0.2) is 15.0 Å². The van der Waals surface area contributed by atoms with E-state index in [2.05, 4.69) is 34.6 Å². The van der Waals surface area contributed by atoms with Gasteiger partial charge in [0.1, 0.15) is 5.75 Å². The van der Waals surface area contributed by atoms with Crippen LogP contribution in [0.5, 0.6) is 0 Å². The van der Waals surface area contributed by atoms with E-state index in [9.17, 15) is 13.2 Å². The Bertz CT molecular complexity index is 1320. The fraction of sp³-hybridized carbons (Fsp3) is 0.0833. The lowest BCUT2D eigenvalue weighted by atomic mass is 10.0. The summed E-state index contributed by atoms with van der Waals surface area (Å²) in [6.07, 6.45) is 0.849. The molecule has 3 aromatic carbocycles. The minimum atomic E-state index is -3.77. The highest BCUT2D eigenvalue weighted by Gasteiger charge is 2.20. The van der Waals surface area contributed by atoms with E-state index in [1.54, 1.807) is 0 Å². The van der Waals surface area contributed by atoms with Crippen molar-refractivity contribution in [2.24, 2.45) is 0 Å². The zero-order chi connectivity index (χ0) is 22.6. The molecule has 0 fully saturated rings. The van der Waals surface area contributed by atoms with Crippen molar-refractivity contribution < 1.29 is 13.2 Å². The second-order valence-electron chi connectivity index (χ2n) is 7.16. The molecule has 162 valence electrons. The molecule has 0 saturated carbocycles. The molecular weight excluding hydrogens is 464 g/mol. The van der Waals surface area contributed by atoms with Crippen LogP contribution in [0.3, 0.4) is 0 Å². The van der Waals surface area contributed by atoms with Crippen LogP contribution in [-0.4, -0.2) is 25.1 Å². The molecular formula is C24H19ClN2O3S2. The molecule has 0 saturated heterocycles. The van der Waals surface area contributed by atoms with E-state index in [1.807, 2.05) is 35.7 Å². The fourth-order valence-electron chi connectivity index (χ4n) is 3.14. The number of nitrogens with one attached hydrogen (secondary N) is 1. The lowest BCUT2D eigenvalue weighted by Crippen LogP contribution is -2.22. The summed E-state index contributed by atoms with van der Waals surface area (Å²) in [7, 11) is -3.77. The number of thiazole rings is 1. The Labute approximate surface area is 195 Å². The van der Waals surface area contributed by atoms with Crippen molar-refractivity contribution >= 4 is 43.8 Å². The van der Waals surface area contributed by atoms with Crippen LogP contribution in [0.1, 0.15) is 11.1 Å². The normalized spacial score (nSPS) is 11.3. The number of sulfone groups is 1. The lowest BCUT2D eigenvalue weighted by molar-refractivity contribution is -0.113. The summed E-state index contributed by atoms with van der Waals surface area (Å²) >= 11 is 7.04. The first-order valence-electron chi connectivity index (χ1n) is 9.76. The molecule has 0 aliphatic carbocycles. The van der Waals surface area contributed by atoms with Gasteiger partial charge in [-0.3, -0.25) is 4.79 Å². The maximum atomic E-state index is 12.4. The highest BCUT2D eigenvalue weighted by atomic mass is 35.5. The van der Waals surface area contributed by atoms with Crippen LogP contribution in [-0.2, 0) is 21.1 Å². The Hall–Kier alpha value is -3.00. The van der Waals surface area contributed by atoms with E-state index < -0.39 is 21.5 Å². The molecule has 1 heterocycles. The van der Waals surface area contributed by atoms with Crippen molar-refractivity contribution in [3.63, 3.8) is 0 Å². The molecule has 32 heavy (non-hydrogen) atoms. The van der Waals surface area contributed by atoms with Crippen LogP contribution >= 0.6 is 22.9 Å². The van der Waals surface area contributed by atoms with Gasteiger partial charge in [-0.05, 0) is 41.8 Å². The number of halogens is 1. The number of nitrogens with zero attached hydrogens (tertiary/aromatic N) is 1. The molecule has 1 N–H and O–H groups in total. The standard InChI is InChI=1S/C24H19ClN2O3S2/c25-20-10-12-21(13-11-20)32(29,30)16-23(28)27-24-26-22(15-31-24)19-8-6-18(7-9-19)14-17-4-2-1-3-5-17/h1-13,15H,14,16H2,(H,26,27,28). The smallest absolute Gasteiger partial charge is 0.241 e. The van der Waals surface area contributed by atoms with Crippen molar-refractivity contribution in [3.05, 3.63) is 100 Å². The van der Waals surface area contributed by atoms with Gasteiger partial charge in [0, 0.05) is 16.0 Å². The molecule has 5 nitrogen and oxygen atoms in total. The third kappa shape index (κ3) is 5.62. The maximum Gasteiger partial charge on any atom is 0.241 e. The van der Waals surface area contributed by atoms with Gasteiger partial charge in [0.2, 0.25) is 5.91 Å². The number of carbonyl (C=O) groups is 1. The third-order valence-corrected chi connectivity index (χ3v) is 7.39. The molecule has 0 bridgehead atoms. The van der Waals surface area contributed by atoms with E-state index in [0.29, 0.717) is 10.2 Å². The van der Waals surface area contributed by atoms with Crippen LogP contribution in [0.4, 0.5) is 5.13 Å². The highest BCUT2D eigenvalue weighted by molar-refractivity contribution is 7.92. The number of hydrogen-bond acceptors (Lipinski definition) is 5. The van der Waals surface area contributed by atoms with Gasteiger partial charge in [0.25, 0.3) is 0 Å². The van der Waals surface area contributed by atoms with Gasteiger partial charge in [0.05, 0.1) is 10.6 Å². The Morgan fingerprint density at radius 1 is 0.906 bits per heavy atom. The Morgan fingerprint density at radius 2 is 1.56 bits per heavy atom. The average molecular weight is 483 g/mol. The molecule has 1 amide bonds. The molecule has 0 unspecified atom stereocenters. The van der Waals surface area contributed by atoms with Gasteiger partial charge in [-0.15, -0.1) is 11.3 Å². The number of anilines is 1. The average Bonchev–Trinajstić information content (AvgIpc) is 3.23. The molecule has 4 aromatic rings. The number of rotatable bonds is 7. The summed E-state index contributed by atoms with van der Waals surface area (Å²) in [6, 6.07) is 24.0. The van der Waals surface area contributed by atoms with E-state index in [0.717, 1.165) is 17.7 Å². The van der Waals surface area contributed by atoms with Crippen LogP contribution in [0.25, 0.3) is 11.3 Å². The summed E-state index contributed by atoms with van der Waals surface area (Å²) in [5, 5.41) is 5.18. The number of carbonyl (C=O) groups excluding carboxylic acids is 1. The SMILES string of the molecule is O=C(CS(=O)(=O)c1ccc(Cl)cc1)Nc1nc(-c2ccc(Cc3ccccc3)cc2)cs1. The molecule has 0 atom stereocenters. The molecule has 0 aliphatic rings. The van der Waals surface area contributed by atoms with Crippen molar-refractivity contribution in [1.29, 1.82) is 0 Å². The molecule has 8 heteroatoms. The predicted octanol–water partition coefficient (Wildman–Crippen LogP) is 5.47. The van der Waals surface area contributed by atoms with Crippen molar-refractivity contribution in [1.82, 2.24) is 4.98 Å². The molecule has 1 aromatic heterocycles.